The van der Waals surface area contributed by atoms with E-state index in [0.29, 0.717) is 39.0 Å². The Hall–Kier alpha value is -1.63. The Morgan fingerprint density at radius 1 is 1.22 bits per heavy atom. The van der Waals surface area contributed by atoms with Crippen LogP contribution in [0, 0.1) is 5.92 Å². The smallest absolute Gasteiger partial charge is 0.303 e. The average molecular weight is 328 g/mol. The highest BCUT2D eigenvalue weighted by Crippen LogP contribution is 2.23. The maximum absolute atomic E-state index is 12.3. The molecule has 0 aromatic heterocycles. The number of ether oxygens (including phenoxy) is 1. The Balaban J connectivity index is 2.42. The predicted molar refractivity (Wildman–Crippen MR) is 84.9 cm³/mol. The van der Waals surface area contributed by atoms with Gasteiger partial charge >= 0.3 is 5.97 Å². The van der Waals surface area contributed by atoms with Crippen LogP contribution < -0.4 is 5.32 Å². The van der Waals surface area contributed by atoms with Crippen molar-refractivity contribution in [3.8, 4) is 0 Å². The lowest BCUT2D eigenvalue weighted by atomic mass is 9.92. The molecule has 132 valence electrons. The Bertz CT molecular complexity index is 413. The van der Waals surface area contributed by atoms with Crippen molar-refractivity contribution in [2.75, 3.05) is 26.8 Å². The number of carbonyl (C=O) groups excluding carboxylic acids is 2. The van der Waals surface area contributed by atoms with E-state index >= 15 is 0 Å². The van der Waals surface area contributed by atoms with Crippen LogP contribution in [0.1, 0.15) is 45.4 Å². The number of hydrogen-bond donors (Lipinski definition) is 2. The molecule has 1 rings (SSSR count). The Morgan fingerprint density at radius 3 is 2.57 bits per heavy atom. The van der Waals surface area contributed by atoms with Crippen molar-refractivity contribution in [3.05, 3.63) is 0 Å². The molecule has 1 aliphatic heterocycles. The van der Waals surface area contributed by atoms with Crippen LogP contribution in [0.4, 0.5) is 0 Å². The van der Waals surface area contributed by atoms with E-state index in [9.17, 15) is 14.4 Å². The summed E-state index contributed by atoms with van der Waals surface area (Å²) in [5.41, 5.74) is 0. The summed E-state index contributed by atoms with van der Waals surface area (Å²) in [4.78, 5) is 36.7. The van der Waals surface area contributed by atoms with Crippen molar-refractivity contribution in [1.29, 1.82) is 0 Å². The summed E-state index contributed by atoms with van der Waals surface area (Å²) >= 11 is 0. The van der Waals surface area contributed by atoms with Crippen molar-refractivity contribution >= 4 is 17.8 Å². The number of unbranched alkanes of at least 4 members (excludes halogenated alkanes) is 1. The topological polar surface area (TPSA) is 95.9 Å². The summed E-state index contributed by atoms with van der Waals surface area (Å²) in [5.74, 6) is -1.03. The molecule has 0 bridgehead atoms. The molecular formula is C16H28N2O5. The van der Waals surface area contributed by atoms with E-state index in [2.05, 4.69) is 5.32 Å². The van der Waals surface area contributed by atoms with Gasteiger partial charge in [0.05, 0.1) is 12.5 Å². The van der Waals surface area contributed by atoms with E-state index < -0.39 is 5.97 Å². The van der Waals surface area contributed by atoms with Gasteiger partial charge in [0.1, 0.15) is 0 Å². The predicted octanol–water partition coefficient (Wildman–Crippen LogP) is 1.02. The molecule has 0 aromatic carbocycles. The van der Waals surface area contributed by atoms with Crippen molar-refractivity contribution in [3.63, 3.8) is 0 Å². The van der Waals surface area contributed by atoms with Gasteiger partial charge in [-0.15, -0.1) is 0 Å². The van der Waals surface area contributed by atoms with E-state index in [4.69, 9.17) is 9.84 Å². The highest BCUT2D eigenvalue weighted by molar-refractivity contribution is 5.81. The van der Waals surface area contributed by atoms with Crippen molar-refractivity contribution in [2.45, 2.75) is 51.5 Å². The highest BCUT2D eigenvalue weighted by Gasteiger charge is 2.32. The van der Waals surface area contributed by atoms with Crippen molar-refractivity contribution in [2.24, 2.45) is 5.92 Å². The average Bonchev–Trinajstić information content (AvgIpc) is 2.51. The third-order valence-electron chi connectivity index (χ3n) is 4.21. The molecule has 1 aliphatic rings. The largest absolute Gasteiger partial charge is 0.481 e. The SMILES string of the molecule is COCCNC(=O)C1CCC(C)N(C(=O)CCCCC(=O)O)C1. The van der Waals surface area contributed by atoms with E-state index in [1.807, 2.05) is 6.92 Å². The molecule has 1 saturated heterocycles. The van der Waals surface area contributed by atoms with Gasteiger partial charge in [0.15, 0.2) is 0 Å². The van der Waals surface area contributed by atoms with Crippen LogP contribution in [-0.4, -0.2) is 60.6 Å². The first kappa shape index (κ1) is 19.4. The fourth-order valence-electron chi connectivity index (χ4n) is 2.79. The van der Waals surface area contributed by atoms with Gasteiger partial charge in [-0.3, -0.25) is 14.4 Å². The van der Waals surface area contributed by atoms with E-state index in [0.717, 1.165) is 12.8 Å². The molecular weight excluding hydrogens is 300 g/mol. The first-order valence-corrected chi connectivity index (χ1v) is 8.23. The normalized spacial score (nSPS) is 21.0. The lowest BCUT2D eigenvalue weighted by Gasteiger charge is -2.37. The van der Waals surface area contributed by atoms with E-state index in [-0.39, 0.29) is 30.2 Å². The molecule has 0 radical (unpaired) electrons. The third-order valence-corrected chi connectivity index (χ3v) is 4.21. The van der Waals surface area contributed by atoms with Gasteiger partial charge in [-0.05, 0) is 32.6 Å². The molecule has 7 nitrogen and oxygen atoms in total. The van der Waals surface area contributed by atoms with Crippen LogP contribution in [0.5, 0.6) is 0 Å². The van der Waals surface area contributed by atoms with Crippen LogP contribution in [0.3, 0.4) is 0 Å². The molecule has 0 aromatic rings. The molecule has 1 fully saturated rings. The van der Waals surface area contributed by atoms with Crippen LogP contribution in [0.2, 0.25) is 0 Å². The van der Waals surface area contributed by atoms with E-state index in [1.165, 1.54) is 0 Å². The fraction of sp³-hybridized carbons (Fsp3) is 0.812. The van der Waals surface area contributed by atoms with Gasteiger partial charge in [-0.1, -0.05) is 0 Å². The number of piperidine rings is 1. The number of aliphatic carboxylic acids is 1. The molecule has 7 heteroatoms. The molecule has 0 aliphatic carbocycles. The number of rotatable bonds is 9. The number of methoxy groups -OCH3 is 1. The molecule has 2 atom stereocenters. The van der Waals surface area contributed by atoms with Gasteiger partial charge in [0.2, 0.25) is 11.8 Å². The van der Waals surface area contributed by atoms with Crippen molar-refractivity contribution in [1.82, 2.24) is 10.2 Å². The molecule has 23 heavy (non-hydrogen) atoms. The van der Waals surface area contributed by atoms with Gasteiger partial charge in [0, 0.05) is 39.1 Å². The summed E-state index contributed by atoms with van der Waals surface area (Å²) in [5, 5.41) is 11.4. The quantitative estimate of drug-likeness (QED) is 0.616. The lowest BCUT2D eigenvalue weighted by molar-refractivity contribution is -0.140. The second-order valence-electron chi connectivity index (χ2n) is 6.05. The summed E-state index contributed by atoms with van der Waals surface area (Å²) in [6.07, 6.45) is 3.10. The highest BCUT2D eigenvalue weighted by atomic mass is 16.5. The second kappa shape index (κ2) is 10.2. The Morgan fingerprint density at radius 2 is 1.91 bits per heavy atom. The minimum absolute atomic E-state index is 0.0114. The first-order chi connectivity index (χ1) is 11.0. The minimum Gasteiger partial charge on any atom is -0.481 e. The number of hydrogen-bond acceptors (Lipinski definition) is 4. The molecule has 1 heterocycles. The van der Waals surface area contributed by atoms with Gasteiger partial charge < -0.3 is 20.1 Å². The number of carbonyl (C=O) groups is 3. The molecule has 0 saturated carbocycles. The van der Waals surface area contributed by atoms with Crippen LogP contribution >= 0.6 is 0 Å². The lowest BCUT2D eigenvalue weighted by Crippen LogP contribution is -2.49. The molecule has 2 N–H and O–H groups in total. The maximum atomic E-state index is 12.3. The van der Waals surface area contributed by atoms with Crippen molar-refractivity contribution < 1.29 is 24.2 Å². The molecule has 2 amide bonds. The Labute approximate surface area is 137 Å². The number of likely N-dealkylation sites (tertiary alicyclic amines) is 1. The summed E-state index contributed by atoms with van der Waals surface area (Å²) in [6.45, 7) is 3.39. The maximum Gasteiger partial charge on any atom is 0.303 e. The zero-order chi connectivity index (χ0) is 17.2. The molecule has 2 unspecified atom stereocenters. The number of carboxylic acids is 1. The van der Waals surface area contributed by atoms with Crippen LogP contribution in [0.25, 0.3) is 0 Å². The number of nitrogens with one attached hydrogen (secondary N) is 1. The standard InChI is InChI=1S/C16H28N2O5/c1-12-7-8-13(16(22)17-9-10-23-2)11-18(12)14(19)5-3-4-6-15(20)21/h12-13H,3-11H2,1-2H3,(H,17,22)(H,20,21). The summed E-state index contributed by atoms with van der Waals surface area (Å²) in [6, 6.07) is 0.130. The number of nitrogens with zero attached hydrogens (tertiary/aromatic N) is 1. The third kappa shape index (κ3) is 6.99. The minimum atomic E-state index is -0.836. The zero-order valence-corrected chi connectivity index (χ0v) is 14.0. The summed E-state index contributed by atoms with van der Waals surface area (Å²) in [7, 11) is 1.58. The summed E-state index contributed by atoms with van der Waals surface area (Å²) < 4.78 is 4.91. The number of amides is 2. The van der Waals surface area contributed by atoms with Gasteiger partial charge in [-0.25, -0.2) is 0 Å². The second-order valence-corrected chi connectivity index (χ2v) is 6.05. The van der Waals surface area contributed by atoms with Gasteiger partial charge in [0.25, 0.3) is 0 Å². The van der Waals surface area contributed by atoms with Crippen LogP contribution in [0.15, 0.2) is 0 Å². The molecule has 0 spiro atoms. The van der Waals surface area contributed by atoms with Gasteiger partial charge in [-0.2, -0.15) is 0 Å². The zero-order valence-electron chi connectivity index (χ0n) is 14.0. The number of carboxylic acid groups (broad SMARTS) is 1. The fourth-order valence-corrected chi connectivity index (χ4v) is 2.79. The first-order valence-electron chi connectivity index (χ1n) is 8.23. The Kier molecular flexibility index (Phi) is 8.61. The van der Waals surface area contributed by atoms with E-state index in [1.54, 1.807) is 12.0 Å². The monoisotopic (exact) mass is 328 g/mol. The van der Waals surface area contributed by atoms with Crippen LogP contribution in [-0.2, 0) is 19.1 Å².